The number of anilines is 1. The van der Waals surface area contributed by atoms with Gasteiger partial charge in [-0.05, 0) is 42.5 Å². The van der Waals surface area contributed by atoms with Crippen molar-refractivity contribution in [3.8, 4) is 5.75 Å². The molecule has 0 spiro atoms. The molecule has 0 heterocycles. The first-order valence-corrected chi connectivity index (χ1v) is 6.55. The van der Waals surface area contributed by atoms with Crippen LogP contribution in [0.4, 0.5) is 10.1 Å². The Morgan fingerprint density at radius 1 is 1.24 bits per heavy atom. The Labute approximate surface area is 127 Å². The molecule has 5 heteroatoms. The molecule has 0 atom stereocenters. The summed E-state index contributed by atoms with van der Waals surface area (Å²) in [6.45, 7) is 0. The smallest absolute Gasteiger partial charge is 0.248 e. The lowest BCUT2D eigenvalue weighted by atomic mass is 10.2. The number of methoxy groups -OCH3 is 1. The Balaban J connectivity index is 2.05. The normalized spacial score (nSPS) is 10.6. The number of hydrogen-bond donors (Lipinski definition) is 1. The molecule has 21 heavy (non-hydrogen) atoms. The van der Waals surface area contributed by atoms with Gasteiger partial charge in [0.15, 0.2) is 0 Å². The summed E-state index contributed by atoms with van der Waals surface area (Å²) in [4.78, 5) is 11.8. The van der Waals surface area contributed by atoms with Crippen molar-refractivity contribution in [2.45, 2.75) is 0 Å². The van der Waals surface area contributed by atoms with Gasteiger partial charge in [0.2, 0.25) is 5.91 Å². The molecular formula is C16H13ClFNO2. The quantitative estimate of drug-likeness (QED) is 0.862. The maximum absolute atomic E-state index is 13.5. The van der Waals surface area contributed by atoms with E-state index >= 15 is 0 Å². The minimum Gasteiger partial charge on any atom is -0.497 e. The van der Waals surface area contributed by atoms with Crippen molar-refractivity contribution in [2.24, 2.45) is 0 Å². The van der Waals surface area contributed by atoms with Crippen LogP contribution in [0.5, 0.6) is 5.75 Å². The predicted molar refractivity (Wildman–Crippen MR) is 82.1 cm³/mol. The number of rotatable bonds is 4. The number of carbonyl (C=O) groups excluding carboxylic acids is 1. The van der Waals surface area contributed by atoms with Gasteiger partial charge in [-0.2, -0.15) is 0 Å². The second-order valence-corrected chi connectivity index (χ2v) is 4.59. The zero-order valence-corrected chi connectivity index (χ0v) is 12.0. The van der Waals surface area contributed by atoms with E-state index in [1.54, 1.807) is 37.4 Å². The zero-order valence-electron chi connectivity index (χ0n) is 11.3. The van der Waals surface area contributed by atoms with Crippen LogP contribution in [0.1, 0.15) is 5.56 Å². The Bertz CT molecular complexity index is 648. The van der Waals surface area contributed by atoms with Gasteiger partial charge in [0.1, 0.15) is 11.6 Å². The van der Waals surface area contributed by atoms with Crippen LogP contribution in [-0.4, -0.2) is 13.0 Å². The highest BCUT2D eigenvalue weighted by atomic mass is 35.5. The molecule has 0 aromatic heterocycles. The summed E-state index contributed by atoms with van der Waals surface area (Å²) in [6.07, 6.45) is 2.57. The fraction of sp³-hybridized carbons (Fsp3) is 0.0625. The fourth-order valence-electron chi connectivity index (χ4n) is 1.69. The van der Waals surface area contributed by atoms with E-state index in [1.807, 2.05) is 0 Å². The third kappa shape index (κ3) is 4.07. The van der Waals surface area contributed by atoms with E-state index in [9.17, 15) is 9.18 Å². The van der Waals surface area contributed by atoms with Crippen LogP contribution < -0.4 is 10.1 Å². The first kappa shape index (κ1) is 15.1. The van der Waals surface area contributed by atoms with Crippen LogP contribution >= 0.6 is 11.6 Å². The van der Waals surface area contributed by atoms with Crippen LogP contribution in [0.3, 0.4) is 0 Å². The van der Waals surface area contributed by atoms with Crippen LogP contribution in [0.2, 0.25) is 5.02 Å². The Morgan fingerprint density at radius 3 is 2.57 bits per heavy atom. The molecule has 0 radical (unpaired) electrons. The molecule has 108 valence electrons. The van der Waals surface area contributed by atoms with Crippen LogP contribution in [-0.2, 0) is 4.79 Å². The van der Waals surface area contributed by atoms with Gasteiger partial charge in [-0.25, -0.2) is 4.39 Å². The van der Waals surface area contributed by atoms with Crippen molar-refractivity contribution < 1.29 is 13.9 Å². The first-order valence-electron chi connectivity index (χ1n) is 6.17. The van der Waals surface area contributed by atoms with E-state index in [2.05, 4.69) is 5.32 Å². The summed E-state index contributed by atoms with van der Waals surface area (Å²) in [6, 6.07) is 11.2. The largest absolute Gasteiger partial charge is 0.497 e. The monoisotopic (exact) mass is 305 g/mol. The number of hydrogen-bond acceptors (Lipinski definition) is 2. The molecule has 0 saturated heterocycles. The van der Waals surface area contributed by atoms with E-state index < -0.39 is 5.82 Å². The van der Waals surface area contributed by atoms with E-state index in [0.717, 1.165) is 0 Å². The van der Waals surface area contributed by atoms with Crippen molar-refractivity contribution in [3.05, 3.63) is 64.9 Å². The molecule has 2 rings (SSSR count). The maximum Gasteiger partial charge on any atom is 0.248 e. The molecule has 0 bridgehead atoms. The van der Waals surface area contributed by atoms with Crippen molar-refractivity contribution in [3.63, 3.8) is 0 Å². The van der Waals surface area contributed by atoms with Gasteiger partial charge in [-0.15, -0.1) is 0 Å². The molecule has 2 aromatic rings. The van der Waals surface area contributed by atoms with Gasteiger partial charge >= 0.3 is 0 Å². The van der Waals surface area contributed by atoms with Gasteiger partial charge in [-0.1, -0.05) is 17.7 Å². The van der Waals surface area contributed by atoms with E-state index in [4.69, 9.17) is 16.3 Å². The summed E-state index contributed by atoms with van der Waals surface area (Å²) in [5, 5.41) is 2.91. The molecule has 0 unspecified atom stereocenters. The highest BCUT2D eigenvalue weighted by Gasteiger charge is 2.04. The molecular weight excluding hydrogens is 293 g/mol. The minimum atomic E-state index is -0.476. The third-order valence-electron chi connectivity index (χ3n) is 2.76. The lowest BCUT2D eigenvalue weighted by Crippen LogP contribution is -2.07. The first-order chi connectivity index (χ1) is 10.1. The molecule has 0 saturated carbocycles. The second-order valence-electron chi connectivity index (χ2n) is 4.19. The lowest BCUT2D eigenvalue weighted by molar-refractivity contribution is -0.111. The third-order valence-corrected chi connectivity index (χ3v) is 3.09. The number of halogens is 2. The molecule has 0 fully saturated rings. The Hall–Kier alpha value is -2.33. The van der Waals surface area contributed by atoms with Crippen LogP contribution in [0.25, 0.3) is 6.08 Å². The van der Waals surface area contributed by atoms with E-state index in [1.165, 1.54) is 24.3 Å². The molecule has 3 nitrogen and oxygen atoms in total. The Morgan fingerprint density at radius 2 is 1.95 bits per heavy atom. The zero-order chi connectivity index (χ0) is 15.2. The molecule has 0 aliphatic heterocycles. The second kappa shape index (κ2) is 6.90. The average Bonchev–Trinajstić information content (AvgIpc) is 2.47. The topological polar surface area (TPSA) is 38.3 Å². The van der Waals surface area contributed by atoms with Crippen molar-refractivity contribution in [1.82, 2.24) is 0 Å². The van der Waals surface area contributed by atoms with Gasteiger partial charge < -0.3 is 10.1 Å². The lowest BCUT2D eigenvalue weighted by Gasteiger charge is -2.04. The molecule has 0 aliphatic rings. The minimum absolute atomic E-state index is 0.184. The maximum atomic E-state index is 13.5. The van der Waals surface area contributed by atoms with Crippen molar-refractivity contribution in [1.29, 1.82) is 0 Å². The van der Waals surface area contributed by atoms with Gasteiger partial charge in [0.25, 0.3) is 0 Å². The highest BCUT2D eigenvalue weighted by molar-refractivity contribution is 6.32. The molecule has 0 aliphatic carbocycles. The van der Waals surface area contributed by atoms with Crippen molar-refractivity contribution in [2.75, 3.05) is 12.4 Å². The average molecular weight is 306 g/mol. The standard InChI is InChI=1S/C16H13ClFNO2/c1-21-12-7-5-11(6-8-12)19-16(20)10-9-13-14(17)3-2-4-15(13)18/h2-10H,1H3,(H,19,20)/b10-9+. The van der Waals surface area contributed by atoms with Gasteiger partial charge in [-0.3, -0.25) is 4.79 Å². The highest BCUT2D eigenvalue weighted by Crippen LogP contribution is 2.20. The van der Waals surface area contributed by atoms with Crippen LogP contribution in [0.15, 0.2) is 48.5 Å². The van der Waals surface area contributed by atoms with E-state index in [0.29, 0.717) is 11.4 Å². The SMILES string of the molecule is COc1ccc(NC(=O)/C=C/c2c(F)cccc2Cl)cc1. The summed E-state index contributed by atoms with van der Waals surface area (Å²) < 4.78 is 18.6. The van der Waals surface area contributed by atoms with Gasteiger partial charge in [0, 0.05) is 17.3 Å². The predicted octanol–water partition coefficient (Wildman–Crippen LogP) is 4.14. The summed E-state index contributed by atoms with van der Waals surface area (Å²) >= 11 is 5.87. The number of benzene rings is 2. The molecule has 1 N–H and O–H groups in total. The number of nitrogens with one attached hydrogen (secondary N) is 1. The fourth-order valence-corrected chi connectivity index (χ4v) is 1.91. The van der Waals surface area contributed by atoms with Crippen LogP contribution in [0, 0.1) is 5.82 Å². The van der Waals surface area contributed by atoms with Gasteiger partial charge in [0.05, 0.1) is 12.1 Å². The Kier molecular flexibility index (Phi) is 4.95. The van der Waals surface area contributed by atoms with Crippen molar-refractivity contribution >= 4 is 29.3 Å². The number of carbonyl (C=O) groups is 1. The van der Waals surface area contributed by atoms with E-state index in [-0.39, 0.29) is 16.5 Å². The summed E-state index contributed by atoms with van der Waals surface area (Å²) in [7, 11) is 1.56. The summed E-state index contributed by atoms with van der Waals surface area (Å²) in [5.74, 6) is -0.155. The number of ether oxygens (including phenoxy) is 1. The summed E-state index contributed by atoms with van der Waals surface area (Å²) in [5.41, 5.74) is 0.800. The molecule has 1 amide bonds. The number of amides is 1. The molecule has 2 aromatic carbocycles.